The minimum atomic E-state index is -0.402. The predicted octanol–water partition coefficient (Wildman–Crippen LogP) is 7.89. The van der Waals surface area contributed by atoms with Crippen molar-refractivity contribution in [2.45, 2.75) is 57.4 Å². The van der Waals surface area contributed by atoms with Crippen LogP contribution in [-0.2, 0) is 24.4 Å². The SMILES string of the molecule is O=C(Nc1ccc2c(c1)nc(CN1CC=C(c3cccc(OCc4ccc(Cl)cc4F)n3)CC1)n2C[C@@H]1CCO1)c1ccc2[nH]nc(C3CC3)c2c1. The maximum Gasteiger partial charge on any atom is 0.255 e. The van der Waals surface area contributed by atoms with E-state index in [0.29, 0.717) is 40.2 Å². The van der Waals surface area contributed by atoms with E-state index in [1.165, 1.54) is 6.07 Å². The molecule has 3 aliphatic rings. The summed E-state index contributed by atoms with van der Waals surface area (Å²) < 4.78 is 28.2. The third-order valence-electron chi connectivity index (χ3n) is 10.2. The van der Waals surface area contributed by atoms with Crippen LogP contribution in [0.5, 0.6) is 5.88 Å². The predicted molar refractivity (Wildman–Crippen MR) is 198 cm³/mol. The number of amides is 1. The fourth-order valence-corrected chi connectivity index (χ4v) is 7.17. The number of nitrogens with one attached hydrogen (secondary N) is 2. The lowest BCUT2D eigenvalue weighted by molar-refractivity contribution is -0.0591. The van der Waals surface area contributed by atoms with Crippen LogP contribution in [0, 0.1) is 5.82 Å². The molecule has 3 aromatic heterocycles. The van der Waals surface area contributed by atoms with E-state index >= 15 is 0 Å². The maximum atomic E-state index is 14.2. The van der Waals surface area contributed by atoms with Crippen molar-refractivity contribution in [2.24, 2.45) is 0 Å². The van der Waals surface area contributed by atoms with Gasteiger partial charge < -0.3 is 19.4 Å². The van der Waals surface area contributed by atoms with E-state index in [1.807, 2.05) is 48.5 Å². The number of halogens is 2. The van der Waals surface area contributed by atoms with Crippen LogP contribution in [0.15, 0.2) is 78.9 Å². The average Bonchev–Trinajstić information content (AvgIpc) is 3.80. The number of carbonyl (C=O) groups excluding carboxylic acids is 1. The molecule has 264 valence electrons. The van der Waals surface area contributed by atoms with Gasteiger partial charge >= 0.3 is 0 Å². The van der Waals surface area contributed by atoms with Crippen LogP contribution in [0.2, 0.25) is 5.02 Å². The Labute approximate surface area is 304 Å². The number of H-pyrrole nitrogens is 1. The summed E-state index contributed by atoms with van der Waals surface area (Å²) in [6.07, 6.45) is 6.51. The van der Waals surface area contributed by atoms with Crippen LogP contribution in [0.3, 0.4) is 0 Å². The fourth-order valence-electron chi connectivity index (χ4n) is 7.01. The Kier molecular flexibility index (Phi) is 8.70. The first-order chi connectivity index (χ1) is 25.4. The van der Waals surface area contributed by atoms with Crippen molar-refractivity contribution in [1.29, 1.82) is 0 Å². The Bertz CT molecular complexity index is 2350. The van der Waals surface area contributed by atoms with Crippen LogP contribution in [-0.4, -0.2) is 61.3 Å². The standard InChI is InChI=1S/C40H37ClFN7O3/c41-28-8-6-27(32(42)19-28)23-52-38-3-1-2-33(45-38)24-12-15-48(16-13-24)22-37-44-35-20-29(9-11-36(35)49(37)21-30-14-17-51-30)43-40(50)26-7-10-34-31(18-26)39(47-46-34)25-4-5-25/h1-3,6-12,18-20,25,30H,4-5,13-17,21-23H2,(H,43,50)(H,46,47)/t30-/m0/s1. The number of anilines is 1. The molecule has 12 heteroatoms. The molecule has 1 saturated heterocycles. The Morgan fingerprint density at radius 1 is 1.06 bits per heavy atom. The van der Waals surface area contributed by atoms with Gasteiger partial charge in [-0.05, 0) is 85.9 Å². The Morgan fingerprint density at radius 3 is 2.75 bits per heavy atom. The molecular weight excluding hydrogens is 681 g/mol. The third-order valence-corrected chi connectivity index (χ3v) is 10.4. The summed E-state index contributed by atoms with van der Waals surface area (Å²) in [4.78, 5) is 25.6. The number of aromatic amines is 1. The molecule has 0 bridgehead atoms. The van der Waals surface area contributed by atoms with Gasteiger partial charge in [-0.15, -0.1) is 0 Å². The highest BCUT2D eigenvalue weighted by molar-refractivity contribution is 6.30. The first kappa shape index (κ1) is 32.8. The molecule has 0 spiro atoms. The van der Waals surface area contributed by atoms with Gasteiger partial charge in [-0.2, -0.15) is 5.10 Å². The highest BCUT2D eigenvalue weighted by atomic mass is 35.5. The van der Waals surface area contributed by atoms with E-state index in [4.69, 9.17) is 31.0 Å². The van der Waals surface area contributed by atoms with Gasteiger partial charge in [-0.1, -0.05) is 29.8 Å². The number of hydrogen-bond acceptors (Lipinski definition) is 7. The van der Waals surface area contributed by atoms with Gasteiger partial charge in [-0.3, -0.25) is 14.8 Å². The average molecular weight is 718 g/mol. The number of pyridine rings is 1. The number of rotatable bonds is 11. The van der Waals surface area contributed by atoms with E-state index in [-0.39, 0.29) is 18.6 Å². The van der Waals surface area contributed by atoms with Crippen molar-refractivity contribution in [2.75, 3.05) is 25.0 Å². The second-order valence-electron chi connectivity index (χ2n) is 13.8. The Balaban J connectivity index is 0.892. The quantitative estimate of drug-likeness (QED) is 0.140. The molecule has 3 aromatic carbocycles. The monoisotopic (exact) mass is 717 g/mol. The summed E-state index contributed by atoms with van der Waals surface area (Å²) in [5.74, 6) is 1.33. The molecule has 1 saturated carbocycles. The zero-order valence-corrected chi connectivity index (χ0v) is 29.2. The van der Waals surface area contributed by atoms with Crippen molar-refractivity contribution in [3.63, 3.8) is 0 Å². The van der Waals surface area contributed by atoms with Gasteiger partial charge in [-0.25, -0.2) is 14.4 Å². The lowest BCUT2D eigenvalue weighted by atomic mass is 10.0. The second-order valence-corrected chi connectivity index (χ2v) is 14.3. The summed E-state index contributed by atoms with van der Waals surface area (Å²) in [6.45, 7) is 3.83. The minimum Gasteiger partial charge on any atom is -0.473 e. The summed E-state index contributed by atoms with van der Waals surface area (Å²) in [7, 11) is 0. The normalized spacial score (nSPS) is 17.7. The number of fused-ring (bicyclic) bond motifs is 2. The van der Waals surface area contributed by atoms with Crippen molar-refractivity contribution >= 4 is 50.7 Å². The maximum absolute atomic E-state index is 14.2. The molecule has 9 rings (SSSR count). The number of aromatic nitrogens is 5. The van der Waals surface area contributed by atoms with Crippen LogP contribution in [0.25, 0.3) is 27.5 Å². The Hall–Kier alpha value is -5.10. The molecule has 2 N–H and O–H groups in total. The molecule has 1 amide bonds. The number of benzene rings is 3. The molecule has 6 aromatic rings. The van der Waals surface area contributed by atoms with Gasteiger partial charge in [0.25, 0.3) is 5.91 Å². The molecular formula is C40H37ClFN7O3. The van der Waals surface area contributed by atoms with Gasteiger partial charge in [0.15, 0.2) is 0 Å². The molecule has 1 aliphatic carbocycles. The molecule has 2 aliphatic heterocycles. The largest absolute Gasteiger partial charge is 0.473 e. The molecule has 52 heavy (non-hydrogen) atoms. The molecule has 1 atom stereocenters. The topological polar surface area (TPSA) is 110 Å². The third kappa shape index (κ3) is 6.79. The molecule has 0 radical (unpaired) electrons. The van der Waals surface area contributed by atoms with Crippen LogP contribution in [0.1, 0.15) is 64.7 Å². The first-order valence-electron chi connectivity index (χ1n) is 17.8. The number of imidazole rings is 1. The van der Waals surface area contributed by atoms with Crippen molar-refractivity contribution in [1.82, 2.24) is 29.6 Å². The second kappa shape index (κ2) is 13.8. The summed E-state index contributed by atoms with van der Waals surface area (Å²) in [6, 6.07) is 21.9. The number of ether oxygens (including phenoxy) is 2. The Morgan fingerprint density at radius 2 is 1.96 bits per heavy atom. The van der Waals surface area contributed by atoms with Crippen LogP contribution in [0.4, 0.5) is 10.1 Å². The fraction of sp³-hybridized carbons (Fsp3) is 0.300. The zero-order chi connectivity index (χ0) is 35.2. The minimum absolute atomic E-state index is 0.0659. The lowest BCUT2D eigenvalue weighted by Crippen LogP contribution is -2.33. The van der Waals surface area contributed by atoms with Crippen molar-refractivity contribution < 1.29 is 18.7 Å². The van der Waals surface area contributed by atoms with Gasteiger partial charge in [0.1, 0.15) is 18.2 Å². The highest BCUT2D eigenvalue weighted by Gasteiger charge is 2.28. The molecule has 2 fully saturated rings. The van der Waals surface area contributed by atoms with Crippen molar-refractivity contribution in [3.05, 3.63) is 118 Å². The molecule has 10 nitrogen and oxygen atoms in total. The summed E-state index contributed by atoms with van der Waals surface area (Å²) in [5, 5.41) is 12.1. The van der Waals surface area contributed by atoms with Crippen LogP contribution >= 0.6 is 11.6 Å². The summed E-state index contributed by atoms with van der Waals surface area (Å²) in [5.41, 5.74) is 7.58. The zero-order valence-electron chi connectivity index (χ0n) is 28.4. The number of carbonyl (C=O) groups is 1. The number of hydrogen-bond donors (Lipinski definition) is 2. The van der Waals surface area contributed by atoms with Crippen molar-refractivity contribution in [3.8, 4) is 5.88 Å². The summed E-state index contributed by atoms with van der Waals surface area (Å²) >= 11 is 5.88. The van der Waals surface area contributed by atoms with Gasteiger partial charge in [0, 0.05) is 58.9 Å². The van der Waals surface area contributed by atoms with Gasteiger partial charge in [0.05, 0.1) is 47.1 Å². The van der Waals surface area contributed by atoms with E-state index in [0.717, 1.165) is 96.6 Å². The van der Waals surface area contributed by atoms with E-state index in [2.05, 4.69) is 31.1 Å². The van der Waals surface area contributed by atoms with E-state index < -0.39 is 5.82 Å². The molecule has 5 heterocycles. The first-order valence-corrected chi connectivity index (χ1v) is 18.2. The number of nitrogens with zero attached hydrogens (tertiary/aromatic N) is 5. The highest BCUT2D eigenvalue weighted by Crippen LogP contribution is 2.42. The van der Waals surface area contributed by atoms with Gasteiger partial charge in [0.2, 0.25) is 5.88 Å². The lowest BCUT2D eigenvalue weighted by Gasteiger charge is -2.29. The van der Waals surface area contributed by atoms with E-state index in [1.54, 1.807) is 18.2 Å². The van der Waals surface area contributed by atoms with E-state index in [9.17, 15) is 9.18 Å². The molecule has 0 unspecified atom stereocenters. The smallest absolute Gasteiger partial charge is 0.255 e. The van der Waals surface area contributed by atoms with Crippen LogP contribution < -0.4 is 10.1 Å².